The van der Waals surface area contributed by atoms with Gasteiger partial charge in [-0.2, -0.15) is 0 Å². The van der Waals surface area contributed by atoms with Gasteiger partial charge in [-0.1, -0.05) is 31.4 Å². The van der Waals surface area contributed by atoms with Gasteiger partial charge in [-0.05, 0) is 50.7 Å². The minimum atomic E-state index is -0.225. The number of carbonyl (C=O) groups is 2. The van der Waals surface area contributed by atoms with Crippen LogP contribution in [0.3, 0.4) is 0 Å². The summed E-state index contributed by atoms with van der Waals surface area (Å²) in [5.41, 5.74) is 2.20. The second kappa shape index (κ2) is 10.6. The molecule has 136 valence electrons. The van der Waals surface area contributed by atoms with Crippen LogP contribution in [-0.4, -0.2) is 29.9 Å². The number of allylic oxidation sites excluding steroid dienone is 1. The molecule has 2 N–H and O–H groups in total. The summed E-state index contributed by atoms with van der Waals surface area (Å²) in [5.74, 6) is -0.378. The van der Waals surface area contributed by atoms with Crippen LogP contribution in [0, 0.1) is 0 Å². The monoisotopic (exact) mass is 343 g/mol. The van der Waals surface area contributed by atoms with E-state index in [0.29, 0.717) is 24.3 Å². The van der Waals surface area contributed by atoms with Gasteiger partial charge in [-0.3, -0.25) is 14.6 Å². The lowest BCUT2D eigenvalue weighted by Crippen LogP contribution is -2.27. The predicted octanol–water partition coefficient (Wildman–Crippen LogP) is 3.62. The Bertz CT molecular complexity index is 611. The predicted molar refractivity (Wildman–Crippen MR) is 99.6 cm³/mol. The van der Waals surface area contributed by atoms with Crippen LogP contribution >= 0.6 is 0 Å². The van der Waals surface area contributed by atoms with Gasteiger partial charge >= 0.3 is 0 Å². The standard InChI is InChI=1S/C20H29N3O2/c1-2-3-7-12-22-19(24)17-11-14-21-18(15-17)20(25)23-13-10-16-8-5-4-6-9-16/h8,11,14-15H,2-7,9-10,12-13H2,1H3,(H,22,24)(H,23,25). The van der Waals surface area contributed by atoms with Crippen molar-refractivity contribution in [1.82, 2.24) is 15.6 Å². The molecule has 5 heteroatoms. The van der Waals surface area contributed by atoms with Crippen LogP contribution in [0.5, 0.6) is 0 Å². The Balaban J connectivity index is 1.81. The summed E-state index contributed by atoms with van der Waals surface area (Å²) in [6.45, 7) is 3.39. The molecule has 0 spiro atoms. The number of hydrogen-bond donors (Lipinski definition) is 2. The number of rotatable bonds is 9. The second-order valence-corrected chi connectivity index (χ2v) is 6.51. The Labute approximate surface area is 150 Å². The molecule has 0 unspecified atom stereocenters. The van der Waals surface area contributed by atoms with Gasteiger partial charge < -0.3 is 10.6 Å². The molecule has 0 saturated heterocycles. The molecule has 0 saturated carbocycles. The van der Waals surface area contributed by atoms with Crippen molar-refractivity contribution in [2.24, 2.45) is 0 Å². The first-order valence-electron chi connectivity index (χ1n) is 9.41. The molecule has 0 atom stereocenters. The zero-order valence-corrected chi connectivity index (χ0v) is 15.1. The summed E-state index contributed by atoms with van der Waals surface area (Å²) in [6, 6.07) is 3.20. The maximum Gasteiger partial charge on any atom is 0.269 e. The third kappa shape index (κ3) is 6.69. The first-order chi connectivity index (χ1) is 12.2. The second-order valence-electron chi connectivity index (χ2n) is 6.51. The van der Waals surface area contributed by atoms with Crippen molar-refractivity contribution in [2.45, 2.75) is 58.3 Å². The van der Waals surface area contributed by atoms with E-state index in [0.717, 1.165) is 38.5 Å². The maximum atomic E-state index is 12.2. The van der Waals surface area contributed by atoms with Crippen molar-refractivity contribution >= 4 is 11.8 Å². The highest BCUT2D eigenvalue weighted by molar-refractivity contribution is 5.98. The number of aromatic nitrogens is 1. The SMILES string of the molecule is CCCCCNC(=O)c1ccnc(C(=O)NCCC2=CCCCC2)c1. The molecule has 0 aromatic carbocycles. The van der Waals surface area contributed by atoms with Gasteiger partial charge in [0.25, 0.3) is 11.8 Å². The lowest BCUT2D eigenvalue weighted by Gasteiger charge is -2.13. The third-order valence-electron chi connectivity index (χ3n) is 4.44. The van der Waals surface area contributed by atoms with Gasteiger partial charge in [-0.15, -0.1) is 0 Å². The number of nitrogens with zero attached hydrogens (tertiary/aromatic N) is 1. The van der Waals surface area contributed by atoms with Gasteiger partial charge in [0, 0.05) is 24.8 Å². The topological polar surface area (TPSA) is 71.1 Å². The summed E-state index contributed by atoms with van der Waals surface area (Å²) >= 11 is 0. The van der Waals surface area contributed by atoms with Crippen LogP contribution in [0.15, 0.2) is 30.0 Å². The van der Waals surface area contributed by atoms with E-state index in [-0.39, 0.29) is 11.8 Å². The average molecular weight is 343 g/mol. The van der Waals surface area contributed by atoms with E-state index in [1.807, 2.05) is 0 Å². The van der Waals surface area contributed by atoms with E-state index in [4.69, 9.17) is 0 Å². The lowest BCUT2D eigenvalue weighted by molar-refractivity contribution is 0.0949. The Hall–Kier alpha value is -2.17. The zero-order valence-electron chi connectivity index (χ0n) is 15.1. The maximum absolute atomic E-state index is 12.2. The molecule has 1 aliphatic carbocycles. The van der Waals surface area contributed by atoms with Crippen LogP contribution in [0.25, 0.3) is 0 Å². The van der Waals surface area contributed by atoms with Gasteiger partial charge in [0.05, 0.1) is 0 Å². The number of carbonyl (C=O) groups excluding carboxylic acids is 2. The van der Waals surface area contributed by atoms with Crippen LogP contribution in [0.4, 0.5) is 0 Å². The van der Waals surface area contributed by atoms with Crippen molar-refractivity contribution in [3.63, 3.8) is 0 Å². The average Bonchev–Trinajstić information content (AvgIpc) is 2.66. The minimum Gasteiger partial charge on any atom is -0.352 e. The highest BCUT2D eigenvalue weighted by Crippen LogP contribution is 2.19. The molecular formula is C20H29N3O2. The van der Waals surface area contributed by atoms with E-state index < -0.39 is 0 Å². The van der Waals surface area contributed by atoms with Crippen molar-refractivity contribution in [1.29, 1.82) is 0 Å². The molecule has 5 nitrogen and oxygen atoms in total. The highest BCUT2D eigenvalue weighted by atomic mass is 16.2. The lowest BCUT2D eigenvalue weighted by atomic mass is 9.97. The molecule has 0 fully saturated rings. The van der Waals surface area contributed by atoms with Crippen molar-refractivity contribution in [3.05, 3.63) is 41.2 Å². The fraction of sp³-hybridized carbons (Fsp3) is 0.550. The molecule has 1 aromatic heterocycles. The number of amides is 2. The summed E-state index contributed by atoms with van der Waals surface area (Å²) < 4.78 is 0. The molecule has 1 aromatic rings. The van der Waals surface area contributed by atoms with Crippen LogP contribution in [0.1, 0.15) is 79.1 Å². The van der Waals surface area contributed by atoms with E-state index in [2.05, 4.69) is 28.6 Å². The molecular weight excluding hydrogens is 314 g/mol. The number of hydrogen-bond acceptors (Lipinski definition) is 3. The summed E-state index contributed by atoms with van der Waals surface area (Å²) in [5, 5.41) is 5.78. The fourth-order valence-corrected chi connectivity index (χ4v) is 2.93. The first kappa shape index (κ1) is 19.2. The summed E-state index contributed by atoms with van der Waals surface area (Å²) in [6.07, 6.45) is 12.7. The molecule has 25 heavy (non-hydrogen) atoms. The normalized spacial score (nSPS) is 13.9. The molecule has 0 bridgehead atoms. The van der Waals surface area contributed by atoms with Crippen molar-refractivity contribution in [2.75, 3.05) is 13.1 Å². The third-order valence-corrected chi connectivity index (χ3v) is 4.44. The Morgan fingerprint density at radius 2 is 1.96 bits per heavy atom. The van der Waals surface area contributed by atoms with Crippen molar-refractivity contribution < 1.29 is 9.59 Å². The van der Waals surface area contributed by atoms with Crippen LogP contribution in [0.2, 0.25) is 0 Å². The quantitative estimate of drug-likeness (QED) is 0.531. The Morgan fingerprint density at radius 3 is 2.72 bits per heavy atom. The van der Waals surface area contributed by atoms with Gasteiger partial charge in [0.15, 0.2) is 0 Å². The number of unbranched alkanes of at least 4 members (excludes halogenated alkanes) is 2. The van der Waals surface area contributed by atoms with E-state index in [9.17, 15) is 9.59 Å². The smallest absolute Gasteiger partial charge is 0.269 e. The molecule has 0 aliphatic heterocycles. The van der Waals surface area contributed by atoms with Crippen LogP contribution < -0.4 is 10.6 Å². The van der Waals surface area contributed by atoms with E-state index >= 15 is 0 Å². The largest absolute Gasteiger partial charge is 0.352 e. The molecule has 0 radical (unpaired) electrons. The summed E-state index contributed by atoms with van der Waals surface area (Å²) in [7, 11) is 0. The Morgan fingerprint density at radius 1 is 1.12 bits per heavy atom. The molecule has 1 heterocycles. The van der Waals surface area contributed by atoms with Gasteiger partial charge in [0.1, 0.15) is 5.69 Å². The first-order valence-corrected chi connectivity index (χ1v) is 9.41. The van der Waals surface area contributed by atoms with Crippen molar-refractivity contribution in [3.8, 4) is 0 Å². The van der Waals surface area contributed by atoms with E-state index in [1.165, 1.54) is 24.6 Å². The summed E-state index contributed by atoms with van der Waals surface area (Å²) in [4.78, 5) is 28.5. The van der Waals surface area contributed by atoms with Crippen LogP contribution in [-0.2, 0) is 0 Å². The molecule has 2 rings (SSSR count). The van der Waals surface area contributed by atoms with Gasteiger partial charge in [-0.25, -0.2) is 0 Å². The fourth-order valence-electron chi connectivity index (χ4n) is 2.93. The Kier molecular flexibility index (Phi) is 8.16. The number of pyridine rings is 1. The van der Waals surface area contributed by atoms with Gasteiger partial charge in [0.2, 0.25) is 0 Å². The number of nitrogens with one attached hydrogen (secondary N) is 2. The molecule has 1 aliphatic rings. The highest BCUT2D eigenvalue weighted by Gasteiger charge is 2.12. The molecule has 2 amide bonds. The minimum absolute atomic E-state index is 0.153. The zero-order chi connectivity index (χ0) is 17.9. The van der Waals surface area contributed by atoms with E-state index in [1.54, 1.807) is 12.1 Å².